The van der Waals surface area contributed by atoms with E-state index in [9.17, 15) is 4.79 Å². The van der Waals surface area contributed by atoms with Crippen LogP contribution in [0, 0.1) is 6.92 Å². The number of aryl methyl sites for hydroxylation is 1. The van der Waals surface area contributed by atoms with Crippen molar-refractivity contribution in [2.24, 2.45) is 0 Å². The van der Waals surface area contributed by atoms with Gasteiger partial charge in [0, 0.05) is 5.39 Å². The molecule has 0 amide bonds. The average Bonchev–Trinajstić information content (AvgIpc) is 3.53. The number of hydrogen-bond donors (Lipinski definition) is 2. The highest BCUT2D eigenvalue weighted by Gasteiger charge is 2.24. The summed E-state index contributed by atoms with van der Waals surface area (Å²) in [4.78, 5) is 27.4. The molecule has 3 aromatic heterocycles. The first-order valence-corrected chi connectivity index (χ1v) is 10.8. The van der Waals surface area contributed by atoms with Crippen molar-refractivity contribution in [1.29, 1.82) is 0 Å². The van der Waals surface area contributed by atoms with Gasteiger partial charge < -0.3 is 15.6 Å². The first-order chi connectivity index (χ1) is 16.6. The third kappa shape index (κ3) is 3.20. The van der Waals surface area contributed by atoms with Gasteiger partial charge in [0.25, 0.3) is 0 Å². The number of nitrogens with one attached hydrogen (secondary N) is 1. The molecule has 6 rings (SSSR count). The molecule has 6 aromatic rings. The zero-order chi connectivity index (χ0) is 23.2. The lowest BCUT2D eigenvalue weighted by atomic mass is 10.1. The largest absolute Gasteiger partial charge is 0.383 e. The number of para-hydroxylation sites is 2. The highest BCUT2D eigenvalue weighted by atomic mass is 16.7. The summed E-state index contributed by atoms with van der Waals surface area (Å²) in [6.45, 7) is 1.90. The maximum absolute atomic E-state index is 13.7. The zero-order valence-corrected chi connectivity index (χ0v) is 18.3. The fourth-order valence-corrected chi connectivity index (χ4v) is 4.10. The summed E-state index contributed by atoms with van der Waals surface area (Å²) >= 11 is 0. The fourth-order valence-electron chi connectivity index (χ4n) is 4.10. The van der Waals surface area contributed by atoms with Crippen LogP contribution in [0.25, 0.3) is 27.6 Å². The Bertz CT molecular complexity index is 1680. The van der Waals surface area contributed by atoms with Gasteiger partial charge in [-0.3, -0.25) is 4.79 Å². The Hall–Kier alpha value is -4.85. The van der Waals surface area contributed by atoms with Gasteiger partial charge in [0.15, 0.2) is 5.75 Å². The number of rotatable bonds is 5. The molecule has 0 unspecified atom stereocenters. The number of nitrogen functional groups attached to an aromatic ring is 1. The van der Waals surface area contributed by atoms with E-state index >= 15 is 0 Å². The van der Waals surface area contributed by atoms with Gasteiger partial charge in [-0.25, -0.2) is 9.67 Å². The minimum atomic E-state index is -0.285. The van der Waals surface area contributed by atoms with Crippen LogP contribution in [0.15, 0.2) is 85.1 Å². The average molecular weight is 448 g/mol. The number of carbonyl (C=O) groups is 1. The number of hydrogen-bond acceptors (Lipinski definition) is 5. The fraction of sp³-hybridized carbons (Fsp3) is 0.0385. The van der Waals surface area contributed by atoms with Crippen LogP contribution < -0.4 is 10.6 Å². The van der Waals surface area contributed by atoms with E-state index in [1.165, 1.54) is 6.20 Å². The highest BCUT2D eigenvalue weighted by Crippen LogP contribution is 2.27. The smallest absolute Gasteiger partial charge is 0.218 e. The number of carbonyl (C=O) groups excluding carboxylic acids is 1. The van der Waals surface area contributed by atoms with Crippen LogP contribution in [0.2, 0.25) is 0 Å². The molecule has 8 heteroatoms. The first-order valence-electron chi connectivity index (χ1n) is 10.8. The minimum absolute atomic E-state index is 0.244. The predicted molar refractivity (Wildman–Crippen MR) is 130 cm³/mol. The van der Waals surface area contributed by atoms with Gasteiger partial charge in [-0.1, -0.05) is 36.4 Å². The Morgan fingerprint density at radius 3 is 2.65 bits per heavy atom. The summed E-state index contributed by atoms with van der Waals surface area (Å²) in [5, 5.41) is 5.28. The summed E-state index contributed by atoms with van der Waals surface area (Å²) < 4.78 is 3.09. The molecular formula is C26H20N6O2. The Labute approximate surface area is 194 Å². The van der Waals surface area contributed by atoms with Gasteiger partial charge in [-0.15, -0.1) is 0 Å². The van der Waals surface area contributed by atoms with Crippen molar-refractivity contribution in [2.75, 3.05) is 5.73 Å². The standard InChI is InChI=1S/C26H20N6O2/c1-16-29-21-12-11-18(14-22(21)30-16)31-26(27)20(15-28-31)25(33)24-13-17-7-5-6-10-23(17)32(24)34-19-8-3-2-4-9-19/h2-15H,27H2,1H3,(H,29,30). The van der Waals surface area contributed by atoms with E-state index in [-0.39, 0.29) is 11.6 Å². The lowest BCUT2D eigenvalue weighted by molar-refractivity contribution is 0.100. The van der Waals surface area contributed by atoms with Gasteiger partial charge in [-0.05, 0) is 49.4 Å². The van der Waals surface area contributed by atoms with Gasteiger partial charge >= 0.3 is 0 Å². The number of aromatic amines is 1. The van der Waals surface area contributed by atoms with Crippen molar-refractivity contribution in [3.63, 3.8) is 0 Å². The molecule has 0 atom stereocenters. The quantitative estimate of drug-likeness (QED) is 0.373. The van der Waals surface area contributed by atoms with Crippen molar-refractivity contribution in [1.82, 2.24) is 24.5 Å². The van der Waals surface area contributed by atoms with E-state index in [0.29, 0.717) is 17.0 Å². The summed E-state index contributed by atoms with van der Waals surface area (Å²) in [5.74, 6) is 1.40. The van der Waals surface area contributed by atoms with Crippen molar-refractivity contribution < 1.29 is 9.63 Å². The minimum Gasteiger partial charge on any atom is -0.383 e. The third-order valence-electron chi connectivity index (χ3n) is 5.72. The van der Waals surface area contributed by atoms with Crippen molar-refractivity contribution >= 4 is 33.5 Å². The van der Waals surface area contributed by atoms with Crippen molar-refractivity contribution in [3.8, 4) is 11.4 Å². The van der Waals surface area contributed by atoms with E-state index in [2.05, 4.69) is 15.1 Å². The summed E-state index contributed by atoms with van der Waals surface area (Å²) in [6, 6.07) is 24.5. The van der Waals surface area contributed by atoms with Gasteiger partial charge in [0.1, 0.15) is 17.3 Å². The molecule has 0 saturated carbocycles. The highest BCUT2D eigenvalue weighted by molar-refractivity contribution is 6.12. The molecule has 0 spiro atoms. The SMILES string of the molecule is Cc1nc2cc(-n3ncc(C(=O)c4cc5ccccc5n4Oc4ccccc4)c3N)ccc2[nH]1. The molecule has 8 nitrogen and oxygen atoms in total. The number of imidazole rings is 1. The number of aromatic nitrogens is 5. The van der Waals surface area contributed by atoms with Crippen LogP contribution in [0.3, 0.4) is 0 Å². The second kappa shape index (κ2) is 7.63. The van der Waals surface area contributed by atoms with Gasteiger partial charge in [0.2, 0.25) is 5.78 Å². The van der Waals surface area contributed by atoms with Gasteiger partial charge in [0.05, 0.1) is 34.0 Å². The van der Waals surface area contributed by atoms with E-state index < -0.39 is 0 Å². The number of ketones is 1. The van der Waals surface area contributed by atoms with E-state index in [4.69, 9.17) is 10.6 Å². The maximum atomic E-state index is 13.7. The van der Waals surface area contributed by atoms with Crippen molar-refractivity contribution in [3.05, 3.63) is 102 Å². The predicted octanol–water partition coefficient (Wildman–Crippen LogP) is 4.67. The topological polar surface area (TPSA) is 104 Å². The molecule has 166 valence electrons. The molecule has 0 radical (unpaired) electrons. The molecule has 3 N–H and O–H groups in total. The molecular weight excluding hydrogens is 428 g/mol. The van der Waals surface area contributed by atoms with Crippen LogP contribution in [0.4, 0.5) is 5.82 Å². The molecule has 0 aliphatic rings. The number of anilines is 1. The number of benzene rings is 3. The molecule has 0 aliphatic carbocycles. The Kier molecular flexibility index (Phi) is 4.44. The lowest BCUT2D eigenvalue weighted by Crippen LogP contribution is -2.15. The van der Waals surface area contributed by atoms with Crippen LogP contribution in [0.5, 0.6) is 5.75 Å². The molecule has 0 saturated heterocycles. The Morgan fingerprint density at radius 2 is 1.79 bits per heavy atom. The normalized spacial score (nSPS) is 11.3. The molecule has 0 aliphatic heterocycles. The van der Waals surface area contributed by atoms with Crippen molar-refractivity contribution in [2.45, 2.75) is 6.92 Å². The molecule has 34 heavy (non-hydrogen) atoms. The van der Waals surface area contributed by atoms with Crippen LogP contribution in [-0.2, 0) is 0 Å². The monoisotopic (exact) mass is 448 g/mol. The first kappa shape index (κ1) is 19.8. The van der Waals surface area contributed by atoms with Gasteiger partial charge in [-0.2, -0.15) is 9.83 Å². The number of nitrogens with zero attached hydrogens (tertiary/aromatic N) is 4. The second-order valence-corrected chi connectivity index (χ2v) is 8.00. The molecule has 0 bridgehead atoms. The lowest BCUT2D eigenvalue weighted by Gasteiger charge is -2.11. The van der Waals surface area contributed by atoms with E-state index in [1.54, 1.807) is 15.5 Å². The zero-order valence-electron chi connectivity index (χ0n) is 18.3. The van der Waals surface area contributed by atoms with Crippen LogP contribution in [-0.4, -0.2) is 30.3 Å². The molecule has 0 fully saturated rings. The molecule has 3 heterocycles. The van der Waals surface area contributed by atoms with E-state index in [0.717, 1.165) is 33.4 Å². The van der Waals surface area contributed by atoms with Crippen LogP contribution >= 0.6 is 0 Å². The summed E-state index contributed by atoms with van der Waals surface area (Å²) in [6.07, 6.45) is 1.49. The molecule has 3 aromatic carbocycles. The van der Waals surface area contributed by atoms with E-state index in [1.807, 2.05) is 79.7 Å². The Balaban J connectivity index is 1.43. The third-order valence-corrected chi connectivity index (χ3v) is 5.72. The number of fused-ring (bicyclic) bond motifs is 2. The number of H-pyrrole nitrogens is 1. The maximum Gasteiger partial charge on any atom is 0.218 e. The van der Waals surface area contributed by atoms with Crippen LogP contribution in [0.1, 0.15) is 21.9 Å². The Morgan fingerprint density at radius 1 is 1.00 bits per heavy atom. The summed E-state index contributed by atoms with van der Waals surface area (Å²) in [5.41, 5.74) is 10.3. The second-order valence-electron chi connectivity index (χ2n) is 8.00. The number of nitrogens with two attached hydrogens (primary N) is 1. The summed E-state index contributed by atoms with van der Waals surface area (Å²) in [7, 11) is 0.